The number of hydrogen-bond acceptors (Lipinski definition) is 4. The molecule has 0 aliphatic rings. The Hall–Kier alpha value is -1.60. The molecule has 0 bridgehead atoms. The highest BCUT2D eigenvalue weighted by molar-refractivity contribution is 7.89. The fraction of sp³-hybridized carbons (Fsp3) is 0.300. The lowest BCUT2D eigenvalue weighted by Gasteiger charge is -2.21. The van der Waals surface area contributed by atoms with E-state index in [1.54, 1.807) is 6.07 Å². The van der Waals surface area contributed by atoms with Crippen molar-refractivity contribution < 1.29 is 18.3 Å². The molecule has 0 heterocycles. The molecule has 0 aliphatic heterocycles. The van der Waals surface area contributed by atoms with Gasteiger partial charge < -0.3 is 10.8 Å². The lowest BCUT2D eigenvalue weighted by Crippen LogP contribution is -2.40. The number of aliphatic carboxylic acids is 1. The van der Waals surface area contributed by atoms with E-state index in [0.717, 1.165) is 4.31 Å². The smallest absolute Gasteiger partial charge is 0.321 e. The van der Waals surface area contributed by atoms with Crippen LogP contribution >= 0.6 is 0 Å². The molecule has 0 radical (unpaired) electrons. The first-order chi connectivity index (χ1) is 7.76. The van der Waals surface area contributed by atoms with Gasteiger partial charge in [0, 0.05) is 12.7 Å². The van der Waals surface area contributed by atoms with Crippen molar-refractivity contribution in [3.8, 4) is 0 Å². The van der Waals surface area contributed by atoms with Gasteiger partial charge in [-0.15, -0.1) is 0 Å². The number of carboxylic acids is 1. The second kappa shape index (κ2) is 4.72. The van der Waals surface area contributed by atoms with Crippen LogP contribution in [0.15, 0.2) is 29.2 Å². The Labute approximate surface area is 99.7 Å². The van der Waals surface area contributed by atoms with Crippen LogP contribution in [0.2, 0.25) is 0 Å². The average molecular weight is 258 g/mol. The van der Waals surface area contributed by atoms with Crippen LogP contribution in [0.1, 0.15) is 6.92 Å². The van der Waals surface area contributed by atoms with Crippen molar-refractivity contribution in [1.82, 2.24) is 4.31 Å². The third-order valence-corrected chi connectivity index (χ3v) is 4.36. The normalized spacial score (nSPS) is 13.6. The topological polar surface area (TPSA) is 101 Å². The van der Waals surface area contributed by atoms with E-state index >= 15 is 0 Å². The van der Waals surface area contributed by atoms with Gasteiger partial charge in [0.05, 0.1) is 4.90 Å². The van der Waals surface area contributed by atoms with Gasteiger partial charge in [-0.2, -0.15) is 4.31 Å². The largest absolute Gasteiger partial charge is 0.480 e. The summed E-state index contributed by atoms with van der Waals surface area (Å²) in [5.74, 6) is -1.21. The van der Waals surface area contributed by atoms with Crippen LogP contribution in [0.3, 0.4) is 0 Å². The van der Waals surface area contributed by atoms with Crippen molar-refractivity contribution in [3.05, 3.63) is 24.3 Å². The molecule has 1 rings (SSSR count). The second-order valence-electron chi connectivity index (χ2n) is 3.61. The van der Waals surface area contributed by atoms with Crippen molar-refractivity contribution in [2.75, 3.05) is 12.8 Å². The third kappa shape index (κ3) is 2.75. The van der Waals surface area contributed by atoms with Crippen molar-refractivity contribution in [1.29, 1.82) is 0 Å². The highest BCUT2D eigenvalue weighted by atomic mass is 32.2. The summed E-state index contributed by atoms with van der Waals surface area (Å²) < 4.78 is 24.9. The van der Waals surface area contributed by atoms with Crippen LogP contribution in [0, 0.1) is 0 Å². The Kier molecular flexibility index (Phi) is 3.74. The lowest BCUT2D eigenvalue weighted by molar-refractivity contribution is -0.140. The Balaban J connectivity index is 3.16. The molecule has 0 spiro atoms. The minimum atomic E-state index is -3.83. The van der Waals surface area contributed by atoms with Crippen LogP contribution in [0.25, 0.3) is 0 Å². The van der Waals surface area contributed by atoms with Gasteiger partial charge in [-0.05, 0) is 25.1 Å². The van der Waals surface area contributed by atoms with Gasteiger partial charge in [-0.1, -0.05) is 6.07 Å². The number of rotatable bonds is 4. The summed E-state index contributed by atoms with van der Waals surface area (Å²) in [6.07, 6.45) is 0. The van der Waals surface area contributed by atoms with Gasteiger partial charge in [-0.25, -0.2) is 8.42 Å². The molecule has 6 nitrogen and oxygen atoms in total. The van der Waals surface area contributed by atoms with E-state index < -0.39 is 22.0 Å². The Bertz CT molecular complexity index is 527. The van der Waals surface area contributed by atoms with Crippen LogP contribution in [-0.2, 0) is 14.8 Å². The quantitative estimate of drug-likeness (QED) is 0.759. The molecule has 1 aromatic carbocycles. The molecule has 94 valence electrons. The van der Waals surface area contributed by atoms with E-state index in [2.05, 4.69) is 0 Å². The van der Waals surface area contributed by atoms with Gasteiger partial charge in [0.2, 0.25) is 10.0 Å². The van der Waals surface area contributed by atoms with Crippen molar-refractivity contribution in [2.45, 2.75) is 17.9 Å². The molecule has 0 amide bonds. The Morgan fingerprint density at radius 1 is 1.47 bits per heavy atom. The molecular weight excluding hydrogens is 244 g/mol. The SMILES string of the molecule is CC(C(=O)O)N(C)S(=O)(=O)c1cccc(N)c1. The first kappa shape index (κ1) is 13.5. The Morgan fingerprint density at radius 3 is 2.53 bits per heavy atom. The van der Waals surface area contributed by atoms with Gasteiger partial charge in [-0.3, -0.25) is 4.79 Å². The number of nitrogen functional groups attached to an aromatic ring is 1. The number of carboxylic acid groups (broad SMARTS) is 1. The zero-order valence-electron chi connectivity index (χ0n) is 9.49. The predicted octanol–water partition coefficient (Wildman–Crippen LogP) is 0.362. The molecule has 7 heteroatoms. The van der Waals surface area contributed by atoms with Crippen LogP contribution < -0.4 is 5.73 Å². The molecule has 1 unspecified atom stereocenters. The van der Waals surface area contributed by atoms with Crippen LogP contribution in [-0.4, -0.2) is 36.9 Å². The molecule has 3 N–H and O–H groups in total. The number of likely N-dealkylation sites (N-methyl/N-ethyl adjacent to an activating group) is 1. The molecule has 0 aliphatic carbocycles. The maximum absolute atomic E-state index is 12.0. The minimum Gasteiger partial charge on any atom is -0.480 e. The molecule has 0 saturated heterocycles. The summed E-state index contributed by atoms with van der Waals surface area (Å²) in [6.45, 7) is 1.30. The van der Waals surface area contributed by atoms with Gasteiger partial charge >= 0.3 is 5.97 Å². The standard InChI is InChI=1S/C10H14N2O4S/c1-7(10(13)14)12(2)17(15,16)9-5-3-4-8(11)6-9/h3-7H,11H2,1-2H3,(H,13,14). The first-order valence-corrected chi connectivity index (χ1v) is 6.27. The molecule has 1 atom stereocenters. The fourth-order valence-electron chi connectivity index (χ4n) is 1.20. The lowest BCUT2D eigenvalue weighted by atomic mass is 10.3. The van der Waals surface area contributed by atoms with Gasteiger partial charge in [0.25, 0.3) is 0 Å². The zero-order valence-corrected chi connectivity index (χ0v) is 10.3. The molecular formula is C10H14N2O4S. The summed E-state index contributed by atoms with van der Waals surface area (Å²) >= 11 is 0. The predicted molar refractivity (Wildman–Crippen MR) is 62.9 cm³/mol. The molecule has 17 heavy (non-hydrogen) atoms. The van der Waals surface area contributed by atoms with E-state index in [-0.39, 0.29) is 4.90 Å². The van der Waals surface area contributed by atoms with E-state index in [4.69, 9.17) is 10.8 Å². The summed E-state index contributed by atoms with van der Waals surface area (Å²) in [6, 6.07) is 4.58. The summed E-state index contributed by atoms with van der Waals surface area (Å²) in [7, 11) is -2.61. The first-order valence-electron chi connectivity index (χ1n) is 4.83. The molecule has 1 aromatic rings. The number of sulfonamides is 1. The van der Waals surface area contributed by atoms with E-state index in [1.807, 2.05) is 0 Å². The van der Waals surface area contributed by atoms with Crippen molar-refractivity contribution in [3.63, 3.8) is 0 Å². The highest BCUT2D eigenvalue weighted by Crippen LogP contribution is 2.18. The average Bonchev–Trinajstić information content (AvgIpc) is 2.26. The van der Waals surface area contributed by atoms with E-state index in [0.29, 0.717) is 5.69 Å². The maximum atomic E-state index is 12.0. The number of nitrogens with zero attached hydrogens (tertiary/aromatic N) is 1. The third-order valence-electron chi connectivity index (χ3n) is 2.44. The molecule has 0 saturated carbocycles. The number of nitrogens with two attached hydrogens (primary N) is 1. The fourth-order valence-corrected chi connectivity index (χ4v) is 2.58. The van der Waals surface area contributed by atoms with Crippen molar-refractivity contribution >= 4 is 21.7 Å². The monoisotopic (exact) mass is 258 g/mol. The molecule has 0 fully saturated rings. The van der Waals surface area contributed by atoms with Gasteiger partial charge in [0.15, 0.2) is 0 Å². The van der Waals surface area contributed by atoms with Gasteiger partial charge in [0.1, 0.15) is 6.04 Å². The number of hydrogen-bond donors (Lipinski definition) is 2. The summed E-state index contributed by atoms with van der Waals surface area (Å²) in [5.41, 5.74) is 5.80. The zero-order chi connectivity index (χ0) is 13.2. The highest BCUT2D eigenvalue weighted by Gasteiger charge is 2.29. The Morgan fingerprint density at radius 2 is 2.06 bits per heavy atom. The number of carbonyl (C=O) groups is 1. The second-order valence-corrected chi connectivity index (χ2v) is 5.61. The van der Waals surface area contributed by atoms with Crippen LogP contribution in [0.4, 0.5) is 5.69 Å². The van der Waals surface area contributed by atoms with E-state index in [9.17, 15) is 13.2 Å². The minimum absolute atomic E-state index is 0.0203. The van der Waals surface area contributed by atoms with Crippen molar-refractivity contribution in [2.24, 2.45) is 0 Å². The summed E-state index contributed by atoms with van der Waals surface area (Å²) in [5, 5.41) is 8.79. The van der Waals surface area contributed by atoms with Crippen LogP contribution in [0.5, 0.6) is 0 Å². The number of anilines is 1. The molecule has 0 aromatic heterocycles. The van der Waals surface area contributed by atoms with E-state index in [1.165, 1.54) is 32.2 Å². The summed E-state index contributed by atoms with van der Waals surface area (Å²) in [4.78, 5) is 10.7. The number of benzene rings is 1. The maximum Gasteiger partial charge on any atom is 0.321 e.